The van der Waals surface area contributed by atoms with Crippen LogP contribution in [0.1, 0.15) is 50.2 Å². The fraction of sp³-hybridized carbons (Fsp3) is 0.438. The predicted octanol–water partition coefficient (Wildman–Crippen LogP) is 6.32. The molecule has 2 saturated heterocycles. The van der Waals surface area contributed by atoms with Gasteiger partial charge in [0.2, 0.25) is 0 Å². The SMILES string of the molecule is C=C(/C=C\C(CC)OCCN1CC2CC(C2)C1)/C(=C(/CCCO)c1ccccc1)c1ccc(O)cc1. The lowest BCUT2D eigenvalue weighted by atomic mass is 9.71. The number of aromatic hydroxyl groups is 1. The minimum atomic E-state index is 0.0414. The van der Waals surface area contributed by atoms with E-state index in [0.29, 0.717) is 6.42 Å². The van der Waals surface area contributed by atoms with E-state index in [2.05, 4.69) is 42.7 Å². The fourth-order valence-electron chi connectivity index (χ4n) is 5.60. The van der Waals surface area contributed by atoms with E-state index in [1.807, 2.05) is 30.3 Å². The highest BCUT2D eigenvalue weighted by Gasteiger charge is 2.36. The molecular formula is C32H41NO3. The minimum Gasteiger partial charge on any atom is -0.508 e. The van der Waals surface area contributed by atoms with E-state index in [-0.39, 0.29) is 18.5 Å². The third kappa shape index (κ3) is 6.97. The molecule has 2 aromatic carbocycles. The van der Waals surface area contributed by atoms with Gasteiger partial charge in [-0.3, -0.25) is 0 Å². The summed E-state index contributed by atoms with van der Waals surface area (Å²) in [4.78, 5) is 2.57. The molecule has 1 unspecified atom stereocenters. The first kappa shape index (κ1) is 26.4. The van der Waals surface area contributed by atoms with E-state index in [1.54, 1.807) is 12.1 Å². The molecule has 4 heteroatoms. The summed E-state index contributed by atoms with van der Waals surface area (Å²) in [5.41, 5.74) is 5.19. The first-order valence-electron chi connectivity index (χ1n) is 13.5. The van der Waals surface area contributed by atoms with Crippen molar-refractivity contribution in [2.24, 2.45) is 11.8 Å². The first-order valence-corrected chi connectivity index (χ1v) is 13.5. The van der Waals surface area contributed by atoms with Crippen molar-refractivity contribution in [2.45, 2.75) is 45.1 Å². The molecule has 2 aliphatic heterocycles. The molecule has 1 atom stereocenters. The lowest BCUT2D eigenvalue weighted by Crippen LogP contribution is -2.49. The molecule has 2 heterocycles. The van der Waals surface area contributed by atoms with Crippen LogP contribution in [0.2, 0.25) is 0 Å². The number of fused-ring (bicyclic) bond motifs is 2. The quantitative estimate of drug-likeness (QED) is 0.256. The highest BCUT2D eigenvalue weighted by molar-refractivity contribution is 5.99. The first-order chi connectivity index (χ1) is 17.6. The molecule has 1 aliphatic carbocycles. The molecule has 0 radical (unpaired) electrons. The number of allylic oxidation sites excluding steroid dienone is 4. The largest absolute Gasteiger partial charge is 0.508 e. The maximum absolute atomic E-state index is 9.87. The van der Waals surface area contributed by atoms with Crippen molar-refractivity contribution >= 4 is 11.1 Å². The fourth-order valence-corrected chi connectivity index (χ4v) is 5.60. The van der Waals surface area contributed by atoms with Crippen LogP contribution in [-0.2, 0) is 4.74 Å². The average molecular weight is 488 g/mol. The van der Waals surface area contributed by atoms with Gasteiger partial charge in [-0.1, -0.05) is 68.1 Å². The van der Waals surface area contributed by atoms with Crippen LogP contribution in [0.4, 0.5) is 0 Å². The highest BCUT2D eigenvalue weighted by atomic mass is 16.5. The molecule has 3 fully saturated rings. The van der Waals surface area contributed by atoms with Crippen LogP contribution in [0.25, 0.3) is 11.1 Å². The molecule has 2 N–H and O–H groups in total. The lowest BCUT2D eigenvalue weighted by molar-refractivity contribution is -0.00114. The van der Waals surface area contributed by atoms with Crippen LogP contribution in [-0.4, -0.2) is 54.1 Å². The zero-order valence-corrected chi connectivity index (χ0v) is 21.6. The zero-order chi connectivity index (χ0) is 25.3. The normalized spacial score (nSPS) is 21.2. The van der Waals surface area contributed by atoms with Crippen LogP contribution in [0.15, 0.2) is 78.9 Å². The Balaban J connectivity index is 1.51. The number of phenols is 1. The van der Waals surface area contributed by atoms with Crippen LogP contribution in [0, 0.1) is 11.8 Å². The van der Waals surface area contributed by atoms with E-state index in [1.165, 1.54) is 25.9 Å². The maximum Gasteiger partial charge on any atom is 0.115 e. The minimum absolute atomic E-state index is 0.0414. The maximum atomic E-state index is 9.87. The lowest BCUT2D eigenvalue weighted by Gasteiger charge is -2.47. The van der Waals surface area contributed by atoms with Crippen molar-refractivity contribution in [1.82, 2.24) is 4.90 Å². The predicted molar refractivity (Wildman–Crippen MR) is 149 cm³/mol. The van der Waals surface area contributed by atoms with Gasteiger partial charge in [0, 0.05) is 26.2 Å². The van der Waals surface area contributed by atoms with Crippen molar-refractivity contribution < 1.29 is 14.9 Å². The van der Waals surface area contributed by atoms with Crippen LogP contribution in [0.5, 0.6) is 5.75 Å². The van der Waals surface area contributed by atoms with Gasteiger partial charge in [0.15, 0.2) is 0 Å². The van der Waals surface area contributed by atoms with Gasteiger partial charge >= 0.3 is 0 Å². The van der Waals surface area contributed by atoms with E-state index in [0.717, 1.165) is 65.7 Å². The summed E-state index contributed by atoms with van der Waals surface area (Å²) in [6, 6.07) is 17.6. The van der Waals surface area contributed by atoms with Crippen molar-refractivity contribution in [3.05, 3.63) is 90.0 Å². The molecule has 5 rings (SSSR count). The van der Waals surface area contributed by atoms with Crippen molar-refractivity contribution in [3.63, 3.8) is 0 Å². The zero-order valence-electron chi connectivity index (χ0n) is 21.6. The Morgan fingerprint density at radius 1 is 1.06 bits per heavy atom. The second-order valence-corrected chi connectivity index (χ2v) is 10.3. The van der Waals surface area contributed by atoms with Gasteiger partial charge in [-0.05, 0) is 83.9 Å². The Labute approximate surface area is 216 Å². The third-order valence-corrected chi connectivity index (χ3v) is 7.51. The molecule has 1 saturated carbocycles. The molecule has 0 spiro atoms. The molecule has 36 heavy (non-hydrogen) atoms. The Bertz CT molecular complexity index is 1020. The summed E-state index contributed by atoms with van der Waals surface area (Å²) in [6.45, 7) is 11.0. The standard InChI is InChI=1S/C32H41NO3/c1-3-30(36-19-17-33-22-25-20-26(21-25)23-33)16-11-24(2)32(28-12-14-29(35)15-13-28)31(10-7-18-34)27-8-5-4-6-9-27/h4-6,8-9,11-16,25-26,30,34-35H,2-3,7,10,17-23H2,1H3/b16-11-,32-31+. The van der Waals surface area contributed by atoms with Crippen LogP contribution < -0.4 is 0 Å². The number of phenolic OH excluding ortho intramolecular Hbond substituents is 1. The van der Waals surface area contributed by atoms with Gasteiger partial charge < -0.3 is 19.8 Å². The number of ether oxygens (including phenoxy) is 1. The molecule has 0 aromatic heterocycles. The van der Waals surface area contributed by atoms with Gasteiger partial charge in [0.05, 0.1) is 12.7 Å². The molecule has 3 aliphatic rings. The van der Waals surface area contributed by atoms with E-state index >= 15 is 0 Å². The van der Waals surface area contributed by atoms with E-state index < -0.39 is 0 Å². The number of hydrogen-bond acceptors (Lipinski definition) is 4. The summed E-state index contributed by atoms with van der Waals surface area (Å²) >= 11 is 0. The third-order valence-electron chi connectivity index (χ3n) is 7.51. The van der Waals surface area contributed by atoms with E-state index in [4.69, 9.17) is 4.74 Å². The van der Waals surface area contributed by atoms with Gasteiger partial charge in [0.1, 0.15) is 5.75 Å². The number of aliphatic hydroxyl groups excluding tert-OH is 1. The number of aliphatic hydroxyl groups is 1. The summed E-state index contributed by atoms with van der Waals surface area (Å²) in [5, 5.41) is 19.4. The molecule has 0 amide bonds. The monoisotopic (exact) mass is 487 g/mol. The number of benzene rings is 2. The number of piperidine rings is 2. The van der Waals surface area contributed by atoms with Crippen LogP contribution >= 0.6 is 0 Å². The van der Waals surface area contributed by atoms with Gasteiger partial charge in [-0.25, -0.2) is 0 Å². The van der Waals surface area contributed by atoms with Crippen molar-refractivity contribution in [1.29, 1.82) is 0 Å². The van der Waals surface area contributed by atoms with Crippen molar-refractivity contribution in [2.75, 3.05) is 32.8 Å². The van der Waals surface area contributed by atoms with Gasteiger partial charge in [-0.15, -0.1) is 0 Å². The number of rotatable bonds is 13. The number of hydrogen-bond donors (Lipinski definition) is 2. The van der Waals surface area contributed by atoms with E-state index in [9.17, 15) is 10.2 Å². The van der Waals surface area contributed by atoms with Gasteiger partial charge in [-0.2, -0.15) is 0 Å². The summed E-state index contributed by atoms with van der Waals surface area (Å²) in [6.07, 6.45) is 9.42. The Morgan fingerprint density at radius 2 is 1.75 bits per heavy atom. The average Bonchev–Trinajstić information content (AvgIpc) is 2.89. The molecule has 192 valence electrons. The number of nitrogens with zero attached hydrogens (tertiary/aromatic N) is 1. The highest BCUT2D eigenvalue weighted by Crippen LogP contribution is 2.39. The molecular weight excluding hydrogens is 446 g/mol. The molecule has 4 nitrogen and oxygen atoms in total. The summed E-state index contributed by atoms with van der Waals surface area (Å²) in [5.74, 6) is 2.08. The molecule has 2 aromatic rings. The Morgan fingerprint density at radius 3 is 2.39 bits per heavy atom. The van der Waals surface area contributed by atoms with Crippen molar-refractivity contribution in [3.8, 4) is 5.75 Å². The second-order valence-electron chi connectivity index (χ2n) is 10.3. The second kappa shape index (κ2) is 13.0. The summed E-state index contributed by atoms with van der Waals surface area (Å²) in [7, 11) is 0. The Hall–Kier alpha value is -2.66. The van der Waals surface area contributed by atoms with Crippen LogP contribution in [0.3, 0.4) is 0 Å². The Kier molecular flexibility index (Phi) is 9.57. The summed E-state index contributed by atoms with van der Waals surface area (Å²) < 4.78 is 6.25. The molecule has 2 bridgehead atoms. The van der Waals surface area contributed by atoms with Gasteiger partial charge in [0.25, 0.3) is 0 Å². The smallest absolute Gasteiger partial charge is 0.115 e. The topological polar surface area (TPSA) is 52.9 Å².